The molecule has 6 rings (SSSR count). The normalized spacial score (nSPS) is 25.2. The van der Waals surface area contributed by atoms with E-state index in [1.165, 1.54) is 12.8 Å². The quantitative estimate of drug-likeness (QED) is 0.0385. The van der Waals surface area contributed by atoms with E-state index in [-0.39, 0.29) is 69.8 Å². The van der Waals surface area contributed by atoms with Crippen molar-refractivity contribution in [1.29, 1.82) is 0 Å². The highest BCUT2D eigenvalue weighted by Crippen LogP contribution is 2.62. The van der Waals surface area contributed by atoms with Crippen LogP contribution >= 0.6 is 11.8 Å². The second-order valence-electron chi connectivity index (χ2n) is 16.6. The van der Waals surface area contributed by atoms with Gasteiger partial charge >= 0.3 is 0 Å². The molecule has 330 valence electrons. The van der Waals surface area contributed by atoms with Crippen LogP contribution in [0.15, 0.2) is 76.8 Å². The predicted octanol–water partition coefficient (Wildman–Crippen LogP) is 8.66. The summed E-state index contributed by atoms with van der Waals surface area (Å²) in [6.45, 7) is 7.37. The van der Waals surface area contributed by atoms with Gasteiger partial charge in [-0.25, -0.2) is 0 Å². The Morgan fingerprint density at radius 3 is 2.43 bits per heavy atom. The van der Waals surface area contributed by atoms with E-state index in [9.17, 15) is 20.1 Å². The summed E-state index contributed by atoms with van der Waals surface area (Å²) in [5.41, 5.74) is 2.78. The second kappa shape index (κ2) is 23.2. The molecule has 1 heterocycles. The summed E-state index contributed by atoms with van der Waals surface area (Å²) in [5.74, 6) is 0.968. The Kier molecular flexibility index (Phi) is 17.8. The third kappa shape index (κ3) is 11.0. The van der Waals surface area contributed by atoms with Gasteiger partial charge in [-0.1, -0.05) is 55.8 Å². The fraction of sp³-hybridized carbons (Fsp3) is 0.625. The summed E-state index contributed by atoms with van der Waals surface area (Å²) >= 11 is 1.68. The zero-order chi connectivity index (χ0) is 42.3. The zero-order valence-electron chi connectivity index (χ0n) is 35.8. The van der Waals surface area contributed by atoms with Gasteiger partial charge in [-0.2, -0.15) is 0 Å². The highest BCUT2D eigenvalue weighted by molar-refractivity contribution is 7.98. The lowest BCUT2D eigenvalue weighted by Gasteiger charge is -2.60. The molecule has 1 amide bonds. The Morgan fingerprint density at radius 1 is 0.983 bits per heavy atom. The number of allylic oxidation sites excluding steroid dienone is 1. The molecule has 4 aliphatic rings. The van der Waals surface area contributed by atoms with Gasteiger partial charge in [0.25, 0.3) is 0 Å². The molecule has 0 saturated heterocycles. The topological polar surface area (TPSA) is 140 Å². The van der Waals surface area contributed by atoms with Gasteiger partial charge < -0.3 is 44.0 Å². The van der Waals surface area contributed by atoms with Crippen LogP contribution in [0.4, 0.5) is 0 Å². The van der Waals surface area contributed by atoms with Crippen LogP contribution in [-0.4, -0.2) is 103 Å². The number of nitrogens with zero attached hydrogens (tertiary/aromatic N) is 2. The standard InChI is InChI=1S/C48H68N2O9S/c1-4-28-56-48-44(50(24-29-55-30-27-53)45(54)23-16-34-12-6-7-13-34)33-42(49-57-5-2)40-31-35(14-8-10-25-51)39(15-9-11-26-52)46(47(40)48)41-32-37(19-22-43(41)59-48)58-36-17-20-38(60-3)21-18-36/h4,17-22,31-32,34-35,39,44,46-47,51-53H,1,5-16,23-30,33H2,2-3H3/t35-,39+,44-,46+,47+,48+/m0/s1. The number of hydrogen-bond donors (Lipinski definition) is 3. The number of rotatable bonds is 25. The summed E-state index contributed by atoms with van der Waals surface area (Å²) in [6, 6.07) is 13.5. The van der Waals surface area contributed by atoms with E-state index < -0.39 is 17.7 Å². The molecule has 0 aromatic heterocycles. The van der Waals surface area contributed by atoms with E-state index in [1.807, 2.05) is 36.1 Å². The molecule has 2 aromatic rings. The lowest BCUT2D eigenvalue weighted by atomic mass is 9.55. The maximum absolute atomic E-state index is 14.8. The van der Waals surface area contributed by atoms with Crippen molar-refractivity contribution in [2.75, 3.05) is 59.0 Å². The Balaban J connectivity index is 1.53. The summed E-state index contributed by atoms with van der Waals surface area (Å²) in [5, 5.41) is 34.3. The van der Waals surface area contributed by atoms with E-state index in [1.54, 1.807) is 17.8 Å². The van der Waals surface area contributed by atoms with Crippen LogP contribution in [-0.2, 0) is 19.1 Å². The van der Waals surface area contributed by atoms with Crippen molar-refractivity contribution >= 4 is 23.4 Å². The largest absolute Gasteiger partial charge is 0.459 e. The van der Waals surface area contributed by atoms with Gasteiger partial charge in [-0.3, -0.25) is 4.79 Å². The third-order valence-corrected chi connectivity index (χ3v) is 13.6. The van der Waals surface area contributed by atoms with Gasteiger partial charge in [-0.15, -0.1) is 18.3 Å². The molecule has 0 spiro atoms. The number of benzene rings is 2. The number of carbonyl (C=O) groups excluding carboxylic acids is 1. The second-order valence-corrected chi connectivity index (χ2v) is 17.5. The molecule has 2 aromatic carbocycles. The van der Waals surface area contributed by atoms with Crippen molar-refractivity contribution in [2.45, 2.75) is 113 Å². The first kappa shape index (κ1) is 46.1. The Bertz CT molecular complexity index is 1730. The molecule has 6 atom stereocenters. The molecular formula is C48H68N2O9S. The molecule has 11 nitrogen and oxygen atoms in total. The third-order valence-electron chi connectivity index (χ3n) is 12.9. The minimum Gasteiger partial charge on any atom is -0.459 e. The number of fused-ring (bicyclic) bond motifs is 2. The average molecular weight is 849 g/mol. The highest BCUT2D eigenvalue weighted by Gasteiger charge is 2.65. The molecule has 3 N–H and O–H groups in total. The molecule has 1 aliphatic heterocycles. The number of oxime groups is 1. The van der Waals surface area contributed by atoms with E-state index in [0.29, 0.717) is 49.7 Å². The van der Waals surface area contributed by atoms with E-state index in [0.717, 1.165) is 72.4 Å². The zero-order valence-corrected chi connectivity index (χ0v) is 36.6. The van der Waals surface area contributed by atoms with Crippen molar-refractivity contribution in [3.63, 3.8) is 0 Å². The van der Waals surface area contributed by atoms with Crippen molar-refractivity contribution in [3.8, 4) is 17.2 Å². The highest BCUT2D eigenvalue weighted by atomic mass is 32.2. The first-order valence-electron chi connectivity index (χ1n) is 22.4. The van der Waals surface area contributed by atoms with Gasteiger partial charge in [0, 0.05) is 49.0 Å². The Morgan fingerprint density at radius 2 is 1.73 bits per heavy atom. The van der Waals surface area contributed by atoms with Crippen LogP contribution in [0.5, 0.6) is 17.2 Å². The molecular weight excluding hydrogens is 781 g/mol. The molecule has 0 bridgehead atoms. The van der Waals surface area contributed by atoms with Crippen LogP contribution in [0.25, 0.3) is 0 Å². The van der Waals surface area contributed by atoms with Crippen molar-refractivity contribution in [2.24, 2.45) is 28.8 Å². The minimum atomic E-state index is -1.34. The lowest BCUT2D eigenvalue weighted by molar-refractivity contribution is -0.258. The lowest BCUT2D eigenvalue weighted by Crippen LogP contribution is -2.70. The minimum absolute atomic E-state index is 0.0173. The Labute approximate surface area is 361 Å². The summed E-state index contributed by atoms with van der Waals surface area (Å²) in [4.78, 5) is 23.8. The molecule has 0 unspecified atom stereocenters. The fourth-order valence-electron chi connectivity index (χ4n) is 10.2. The number of carbonyl (C=O) groups is 1. The van der Waals surface area contributed by atoms with Crippen molar-refractivity contribution in [3.05, 3.63) is 72.3 Å². The smallest absolute Gasteiger partial charge is 0.239 e. The van der Waals surface area contributed by atoms with Crippen LogP contribution in [0.3, 0.4) is 0 Å². The van der Waals surface area contributed by atoms with Gasteiger partial charge in [0.05, 0.1) is 38.1 Å². The predicted molar refractivity (Wildman–Crippen MR) is 236 cm³/mol. The van der Waals surface area contributed by atoms with Crippen molar-refractivity contribution in [1.82, 2.24) is 4.90 Å². The first-order valence-corrected chi connectivity index (χ1v) is 23.6. The number of amides is 1. The number of unbranched alkanes of at least 4 members (excludes halogenated alkanes) is 2. The Hall–Kier alpha value is -3.39. The van der Waals surface area contributed by atoms with E-state index >= 15 is 0 Å². The van der Waals surface area contributed by atoms with E-state index in [2.05, 4.69) is 37.1 Å². The monoisotopic (exact) mass is 848 g/mol. The molecule has 60 heavy (non-hydrogen) atoms. The fourth-order valence-corrected chi connectivity index (χ4v) is 10.6. The van der Waals surface area contributed by atoms with Gasteiger partial charge in [-0.05, 0) is 111 Å². The maximum atomic E-state index is 14.8. The molecule has 0 radical (unpaired) electrons. The van der Waals surface area contributed by atoms with Gasteiger partial charge in [0.1, 0.15) is 29.9 Å². The van der Waals surface area contributed by atoms with E-state index in [4.69, 9.17) is 28.9 Å². The molecule has 2 saturated carbocycles. The first-order chi connectivity index (χ1) is 29.4. The summed E-state index contributed by atoms with van der Waals surface area (Å²) < 4.78 is 26.9. The average Bonchev–Trinajstić information content (AvgIpc) is 3.80. The number of ether oxygens (including phenoxy) is 4. The van der Waals surface area contributed by atoms with Gasteiger partial charge in [0.15, 0.2) is 0 Å². The molecule has 3 aliphatic carbocycles. The molecule has 2 fully saturated rings. The number of thioether (sulfide) groups is 1. The van der Waals surface area contributed by atoms with Crippen LogP contribution in [0.2, 0.25) is 0 Å². The number of aliphatic hydroxyl groups is 3. The van der Waals surface area contributed by atoms with Crippen LogP contribution < -0.4 is 9.47 Å². The van der Waals surface area contributed by atoms with Crippen LogP contribution in [0, 0.1) is 23.7 Å². The summed E-state index contributed by atoms with van der Waals surface area (Å²) in [7, 11) is 0. The maximum Gasteiger partial charge on any atom is 0.239 e. The number of aliphatic hydroxyl groups excluding tert-OH is 3. The van der Waals surface area contributed by atoms with Gasteiger partial charge in [0.2, 0.25) is 11.7 Å². The van der Waals surface area contributed by atoms with Crippen molar-refractivity contribution < 1.29 is 43.9 Å². The van der Waals surface area contributed by atoms with Crippen LogP contribution in [0.1, 0.15) is 102 Å². The summed E-state index contributed by atoms with van der Waals surface area (Å²) in [6.07, 6.45) is 17.2. The SMILES string of the molecule is C=CCO[C@@]12Oc3ccc(Oc4ccc(SC)cc4)cc3[C@H]3[C@H](CCCCO)[C@@H](CCCCO)C=C(C(=NOCC)C[C@@H]1N(CCOCCO)C(=O)CCC1CCCC1)[C@H]32. The molecule has 12 heteroatoms. The number of hydrogen-bond acceptors (Lipinski definition) is 11.